The van der Waals surface area contributed by atoms with Gasteiger partial charge in [-0.2, -0.15) is 0 Å². The number of para-hydroxylation sites is 6. The van der Waals surface area contributed by atoms with Crippen molar-refractivity contribution in [2.45, 2.75) is 0 Å². The standard InChI is InChI=1S/2C42H27NO/c1-2-11-28(12-3-1)31-25-26-39-36(27-31)34-14-5-8-18-38(34)43(39)37-17-7-4-13-32(37)29-21-23-30(24-22-29)33-16-10-20-41-42(33)35-15-6-9-19-40(35)44-41;1-2-10-28(11-3-1)31-22-24-40-36(26-31)34-13-5-8-16-39(34)43(40)38-15-7-4-12-33(38)30-20-18-29(19-21-30)32-23-25-42-37(27-32)35-14-6-9-17-41(35)44-42/h2*1-27H. The van der Waals surface area contributed by atoms with Crippen LogP contribution < -0.4 is 0 Å². The molecule has 4 aromatic heterocycles. The number of fused-ring (bicyclic) bond motifs is 12. The molecular formula is C84H54N2O2. The SMILES string of the molecule is c1ccc(-c2ccc3c(c2)c2ccccc2n3-c2ccccc2-c2ccc(-c3ccc4oc5ccccc5c4c3)cc2)cc1.c1ccc(-c2ccc3c(c2)c2ccccc2n3-c2ccccc2-c2ccc(-c3cccc4oc5ccccc5c34)cc2)cc1. The third-order valence-corrected chi connectivity index (χ3v) is 17.7. The average Bonchev–Trinajstić information content (AvgIpc) is 1.91. The van der Waals surface area contributed by atoms with E-state index in [4.69, 9.17) is 8.83 Å². The van der Waals surface area contributed by atoms with Crippen molar-refractivity contribution in [1.29, 1.82) is 0 Å². The predicted octanol–water partition coefficient (Wildman–Crippen LogP) is 23.4. The molecule has 0 atom stereocenters. The quantitative estimate of drug-likeness (QED) is 0.152. The zero-order valence-corrected chi connectivity index (χ0v) is 47.9. The molecule has 0 unspecified atom stereocenters. The van der Waals surface area contributed by atoms with E-state index in [1.54, 1.807) is 0 Å². The summed E-state index contributed by atoms with van der Waals surface area (Å²) in [5.74, 6) is 0. The van der Waals surface area contributed by atoms with E-state index in [0.29, 0.717) is 0 Å². The van der Waals surface area contributed by atoms with Crippen LogP contribution in [0.5, 0.6) is 0 Å². The first-order valence-corrected chi connectivity index (χ1v) is 30.0. The summed E-state index contributed by atoms with van der Waals surface area (Å²) < 4.78 is 17.1. The molecule has 0 bridgehead atoms. The Bertz CT molecular complexity index is 5670. The molecule has 0 N–H and O–H groups in total. The van der Waals surface area contributed by atoms with Gasteiger partial charge in [-0.1, -0.05) is 249 Å². The minimum atomic E-state index is 0.917. The Kier molecular flexibility index (Phi) is 12.2. The number of benzene rings is 14. The van der Waals surface area contributed by atoms with E-state index in [1.807, 2.05) is 24.3 Å². The van der Waals surface area contributed by atoms with Crippen LogP contribution >= 0.6 is 0 Å². The largest absolute Gasteiger partial charge is 0.456 e. The molecule has 4 heterocycles. The van der Waals surface area contributed by atoms with Crippen molar-refractivity contribution in [3.8, 4) is 78.1 Å². The van der Waals surface area contributed by atoms with Crippen molar-refractivity contribution in [3.63, 3.8) is 0 Å². The summed E-state index contributed by atoms with van der Waals surface area (Å²) in [4.78, 5) is 0. The topological polar surface area (TPSA) is 36.1 Å². The molecule has 0 fully saturated rings. The van der Waals surface area contributed by atoms with Gasteiger partial charge in [-0.05, 0) is 134 Å². The summed E-state index contributed by atoms with van der Waals surface area (Å²) in [6, 6.07) is 117. The van der Waals surface area contributed by atoms with Crippen LogP contribution in [0.2, 0.25) is 0 Å². The van der Waals surface area contributed by atoms with Crippen LogP contribution in [0.4, 0.5) is 0 Å². The van der Waals surface area contributed by atoms with Gasteiger partial charge in [0.25, 0.3) is 0 Å². The molecule has 88 heavy (non-hydrogen) atoms. The maximum atomic E-state index is 6.16. The highest BCUT2D eigenvalue weighted by Crippen LogP contribution is 2.43. The van der Waals surface area contributed by atoms with Crippen LogP contribution in [0.1, 0.15) is 0 Å². The molecule has 4 heteroatoms. The highest BCUT2D eigenvalue weighted by atomic mass is 16.3. The Balaban J connectivity index is 0.000000137. The zero-order chi connectivity index (χ0) is 58.1. The lowest BCUT2D eigenvalue weighted by molar-refractivity contribution is 0.668. The van der Waals surface area contributed by atoms with Crippen LogP contribution in [0.25, 0.3) is 166 Å². The van der Waals surface area contributed by atoms with Gasteiger partial charge in [0, 0.05) is 54.2 Å². The van der Waals surface area contributed by atoms with E-state index >= 15 is 0 Å². The van der Waals surface area contributed by atoms with Crippen molar-refractivity contribution in [3.05, 3.63) is 328 Å². The first-order chi connectivity index (χ1) is 43.6. The fourth-order valence-electron chi connectivity index (χ4n) is 13.5. The Morgan fingerprint density at radius 2 is 0.523 bits per heavy atom. The maximum absolute atomic E-state index is 6.16. The molecule has 18 rings (SSSR count). The first-order valence-electron chi connectivity index (χ1n) is 30.0. The lowest BCUT2D eigenvalue weighted by Crippen LogP contribution is -1.97. The fraction of sp³-hybridized carbons (Fsp3) is 0. The molecular weight excluding hydrogens is 1070 g/mol. The number of hydrogen-bond donors (Lipinski definition) is 0. The van der Waals surface area contributed by atoms with Gasteiger partial charge >= 0.3 is 0 Å². The summed E-state index contributed by atoms with van der Waals surface area (Å²) in [6.45, 7) is 0. The van der Waals surface area contributed by atoms with Crippen molar-refractivity contribution in [2.75, 3.05) is 0 Å². The van der Waals surface area contributed by atoms with Crippen molar-refractivity contribution >= 4 is 87.5 Å². The maximum Gasteiger partial charge on any atom is 0.136 e. The number of hydrogen-bond acceptors (Lipinski definition) is 2. The second-order valence-electron chi connectivity index (χ2n) is 22.7. The first kappa shape index (κ1) is 50.8. The Labute approximate surface area is 508 Å². The highest BCUT2D eigenvalue weighted by Gasteiger charge is 2.20. The van der Waals surface area contributed by atoms with Gasteiger partial charge in [0.05, 0.1) is 33.4 Å². The van der Waals surface area contributed by atoms with Gasteiger partial charge in [-0.3, -0.25) is 0 Å². The molecule has 4 nitrogen and oxygen atoms in total. The Morgan fingerprint density at radius 3 is 1.08 bits per heavy atom. The van der Waals surface area contributed by atoms with E-state index in [9.17, 15) is 0 Å². The van der Waals surface area contributed by atoms with E-state index in [2.05, 4.69) is 312 Å². The second-order valence-corrected chi connectivity index (χ2v) is 22.7. The summed E-state index contributed by atoms with van der Waals surface area (Å²) in [5, 5.41) is 9.64. The van der Waals surface area contributed by atoms with Crippen LogP contribution in [-0.4, -0.2) is 9.13 Å². The van der Waals surface area contributed by atoms with Crippen LogP contribution in [-0.2, 0) is 0 Å². The van der Waals surface area contributed by atoms with E-state index < -0.39 is 0 Å². The molecule has 18 aromatic rings. The molecule has 412 valence electrons. The number of furan rings is 2. The van der Waals surface area contributed by atoms with Crippen molar-refractivity contribution in [2.24, 2.45) is 0 Å². The molecule has 0 amide bonds. The summed E-state index contributed by atoms with van der Waals surface area (Å²) in [5.41, 5.74) is 25.2. The van der Waals surface area contributed by atoms with Crippen molar-refractivity contribution < 1.29 is 8.83 Å². The molecule has 0 aliphatic heterocycles. The number of rotatable bonds is 8. The average molecular weight is 1120 g/mol. The lowest BCUT2D eigenvalue weighted by atomic mass is 9.96. The van der Waals surface area contributed by atoms with Crippen molar-refractivity contribution in [1.82, 2.24) is 9.13 Å². The molecule has 0 aliphatic carbocycles. The fourth-order valence-corrected chi connectivity index (χ4v) is 13.5. The summed E-state index contributed by atoms with van der Waals surface area (Å²) in [6.07, 6.45) is 0. The van der Waals surface area contributed by atoms with Gasteiger partial charge < -0.3 is 18.0 Å². The second kappa shape index (κ2) is 21.1. The highest BCUT2D eigenvalue weighted by molar-refractivity contribution is 6.14. The zero-order valence-electron chi connectivity index (χ0n) is 47.9. The van der Waals surface area contributed by atoms with Gasteiger partial charge in [0.2, 0.25) is 0 Å². The van der Waals surface area contributed by atoms with Crippen LogP contribution in [0.3, 0.4) is 0 Å². The van der Waals surface area contributed by atoms with Gasteiger partial charge in [-0.15, -0.1) is 0 Å². The third kappa shape index (κ3) is 8.61. The molecule has 0 aliphatic rings. The van der Waals surface area contributed by atoms with Gasteiger partial charge in [0.1, 0.15) is 22.3 Å². The lowest BCUT2D eigenvalue weighted by Gasteiger charge is -2.15. The Hall–Kier alpha value is -11.7. The van der Waals surface area contributed by atoms with E-state index in [1.165, 1.54) is 122 Å². The van der Waals surface area contributed by atoms with E-state index in [-0.39, 0.29) is 0 Å². The number of nitrogens with zero attached hydrogens (tertiary/aromatic N) is 2. The molecule has 0 spiro atoms. The van der Waals surface area contributed by atoms with E-state index in [0.717, 1.165) is 43.9 Å². The normalized spacial score (nSPS) is 11.6. The van der Waals surface area contributed by atoms with Crippen LogP contribution in [0, 0.1) is 0 Å². The predicted molar refractivity (Wildman–Crippen MR) is 369 cm³/mol. The molecule has 0 radical (unpaired) electrons. The number of aromatic nitrogens is 2. The third-order valence-electron chi connectivity index (χ3n) is 17.7. The minimum absolute atomic E-state index is 0.917. The monoisotopic (exact) mass is 1120 g/mol. The minimum Gasteiger partial charge on any atom is -0.456 e. The Morgan fingerprint density at radius 1 is 0.182 bits per heavy atom. The summed E-state index contributed by atoms with van der Waals surface area (Å²) in [7, 11) is 0. The smallest absolute Gasteiger partial charge is 0.136 e. The molecule has 14 aromatic carbocycles. The molecule has 0 saturated heterocycles. The summed E-state index contributed by atoms with van der Waals surface area (Å²) >= 11 is 0. The van der Waals surface area contributed by atoms with Gasteiger partial charge in [0.15, 0.2) is 0 Å². The van der Waals surface area contributed by atoms with Crippen LogP contribution in [0.15, 0.2) is 336 Å². The van der Waals surface area contributed by atoms with Gasteiger partial charge in [-0.25, -0.2) is 0 Å². The molecule has 0 saturated carbocycles.